The van der Waals surface area contributed by atoms with Gasteiger partial charge in [0.15, 0.2) is 11.7 Å². The molecule has 6 rings (SSSR count). The van der Waals surface area contributed by atoms with Gasteiger partial charge < -0.3 is 24.8 Å². The maximum atomic E-state index is 14.9. The van der Waals surface area contributed by atoms with E-state index in [1.54, 1.807) is 19.9 Å². The number of hydrogen-bond donors (Lipinski definition) is 3. The second kappa shape index (κ2) is 8.31. The fourth-order valence-electron chi connectivity index (χ4n) is 6.06. The van der Waals surface area contributed by atoms with Crippen molar-refractivity contribution in [2.24, 2.45) is 0 Å². The minimum atomic E-state index is -1.97. The van der Waals surface area contributed by atoms with E-state index in [2.05, 4.69) is 11.9 Å². The number of amides is 1. The lowest BCUT2D eigenvalue weighted by Gasteiger charge is -2.31. The number of carbonyl (C=O) groups excluding carboxylic acids is 2. The standard InChI is InChI=1S/C28H26FN3O6/c1-4-21(33)25(34)31-18-7-6-13-12(3)17(29)9-19-22(13)23(18)14-10-32-20(24(14)30-19)8-16-15(26(32)35)11-38-27(36)28(16,37)5-2/h4,8-9,18,21,33,37H,1,5-7,10-11H2,2-3H3,(H,31,34)/t18-,21+,28-/m0/s1. The van der Waals surface area contributed by atoms with Gasteiger partial charge >= 0.3 is 5.97 Å². The number of aromatic nitrogens is 2. The van der Waals surface area contributed by atoms with Crippen molar-refractivity contribution in [1.29, 1.82) is 0 Å². The topological polar surface area (TPSA) is 131 Å². The van der Waals surface area contributed by atoms with E-state index in [1.165, 1.54) is 10.6 Å². The molecule has 1 aromatic carbocycles. The molecule has 3 aliphatic rings. The number of nitrogens with one attached hydrogen (secondary N) is 1. The Morgan fingerprint density at radius 2 is 2.13 bits per heavy atom. The predicted octanol–water partition coefficient (Wildman–Crippen LogP) is 2.18. The van der Waals surface area contributed by atoms with Crippen LogP contribution in [0.5, 0.6) is 0 Å². The molecule has 38 heavy (non-hydrogen) atoms. The van der Waals surface area contributed by atoms with Crippen LogP contribution >= 0.6 is 0 Å². The summed E-state index contributed by atoms with van der Waals surface area (Å²) in [5.74, 6) is -1.83. The van der Waals surface area contributed by atoms with Crippen LogP contribution in [0.4, 0.5) is 4.39 Å². The van der Waals surface area contributed by atoms with Gasteiger partial charge in [0.25, 0.3) is 11.5 Å². The van der Waals surface area contributed by atoms with Gasteiger partial charge in [0.2, 0.25) is 0 Å². The Labute approximate surface area is 216 Å². The van der Waals surface area contributed by atoms with Gasteiger partial charge in [-0.3, -0.25) is 9.59 Å². The number of benzene rings is 1. The molecule has 0 saturated carbocycles. The first-order valence-electron chi connectivity index (χ1n) is 12.5. The summed E-state index contributed by atoms with van der Waals surface area (Å²) in [6, 6.07) is 2.42. The Kier molecular flexibility index (Phi) is 5.34. The van der Waals surface area contributed by atoms with Crippen LogP contribution in [0.15, 0.2) is 29.6 Å². The number of pyridine rings is 2. The monoisotopic (exact) mass is 519 g/mol. The van der Waals surface area contributed by atoms with E-state index in [1.807, 2.05) is 0 Å². The maximum Gasteiger partial charge on any atom is 0.343 e. The quantitative estimate of drug-likeness (QED) is 0.278. The van der Waals surface area contributed by atoms with E-state index in [4.69, 9.17) is 9.72 Å². The second-order valence-corrected chi connectivity index (χ2v) is 10.1. The molecule has 10 heteroatoms. The number of ether oxygens (including phenoxy) is 1. The summed E-state index contributed by atoms with van der Waals surface area (Å²) in [6.07, 6.45) is 0.701. The first-order valence-corrected chi connectivity index (χ1v) is 12.5. The smallest absolute Gasteiger partial charge is 0.343 e. The number of cyclic esters (lactones) is 1. The first-order chi connectivity index (χ1) is 18.1. The first kappa shape index (κ1) is 24.4. The number of halogens is 1. The van der Waals surface area contributed by atoms with Gasteiger partial charge in [-0.2, -0.15) is 0 Å². The lowest BCUT2D eigenvalue weighted by molar-refractivity contribution is -0.172. The molecule has 196 valence electrons. The van der Waals surface area contributed by atoms with Crippen molar-refractivity contribution in [3.8, 4) is 11.4 Å². The summed E-state index contributed by atoms with van der Waals surface area (Å²) in [5.41, 5.74) is 1.91. The summed E-state index contributed by atoms with van der Waals surface area (Å²) >= 11 is 0. The van der Waals surface area contributed by atoms with E-state index in [9.17, 15) is 29.0 Å². The number of aliphatic hydroxyl groups excluding tert-OH is 1. The van der Waals surface area contributed by atoms with Crippen molar-refractivity contribution in [2.75, 3.05) is 0 Å². The zero-order valence-electron chi connectivity index (χ0n) is 20.9. The van der Waals surface area contributed by atoms with Crippen molar-refractivity contribution in [2.45, 2.75) is 64.0 Å². The van der Waals surface area contributed by atoms with E-state index in [-0.39, 0.29) is 30.7 Å². The molecule has 0 radical (unpaired) electrons. The minimum absolute atomic E-state index is 0.0125. The van der Waals surface area contributed by atoms with Crippen molar-refractivity contribution < 1.29 is 28.9 Å². The summed E-state index contributed by atoms with van der Waals surface area (Å²) in [6.45, 7) is 6.69. The molecule has 2 aliphatic heterocycles. The molecule has 3 N–H and O–H groups in total. The van der Waals surface area contributed by atoms with Crippen molar-refractivity contribution in [1.82, 2.24) is 14.9 Å². The number of fused-ring (bicyclic) bond motifs is 5. The van der Waals surface area contributed by atoms with E-state index >= 15 is 0 Å². The minimum Gasteiger partial charge on any atom is -0.458 e. The average molecular weight is 520 g/mol. The highest BCUT2D eigenvalue weighted by atomic mass is 19.1. The zero-order valence-corrected chi connectivity index (χ0v) is 20.9. The Bertz CT molecular complexity index is 1660. The zero-order chi connectivity index (χ0) is 27.1. The Hall–Kier alpha value is -3.89. The van der Waals surface area contributed by atoms with E-state index < -0.39 is 41.0 Å². The van der Waals surface area contributed by atoms with Crippen LogP contribution in [0, 0.1) is 12.7 Å². The van der Waals surface area contributed by atoms with Crippen LogP contribution in [0.1, 0.15) is 59.2 Å². The average Bonchev–Trinajstić information content (AvgIpc) is 3.28. The number of hydrogen-bond acceptors (Lipinski definition) is 7. The van der Waals surface area contributed by atoms with Gasteiger partial charge in [0.1, 0.15) is 12.4 Å². The van der Waals surface area contributed by atoms with Gasteiger partial charge in [-0.25, -0.2) is 14.2 Å². The van der Waals surface area contributed by atoms with Gasteiger partial charge in [0, 0.05) is 22.6 Å². The molecular weight excluding hydrogens is 493 g/mol. The molecule has 0 bridgehead atoms. The largest absolute Gasteiger partial charge is 0.458 e. The van der Waals surface area contributed by atoms with Gasteiger partial charge in [-0.15, -0.1) is 0 Å². The number of esters is 1. The number of rotatable bonds is 4. The molecule has 1 aliphatic carbocycles. The van der Waals surface area contributed by atoms with Crippen LogP contribution < -0.4 is 10.9 Å². The van der Waals surface area contributed by atoms with E-state index in [0.717, 1.165) is 22.6 Å². The number of carbonyl (C=O) groups is 2. The summed E-state index contributed by atoms with van der Waals surface area (Å²) in [7, 11) is 0. The molecule has 3 aromatic rings. The van der Waals surface area contributed by atoms with Crippen molar-refractivity contribution in [3.05, 3.63) is 74.3 Å². The highest BCUT2D eigenvalue weighted by molar-refractivity contribution is 5.94. The third-order valence-electron chi connectivity index (χ3n) is 8.19. The van der Waals surface area contributed by atoms with E-state index in [0.29, 0.717) is 40.9 Å². The molecule has 0 spiro atoms. The van der Waals surface area contributed by atoms with Crippen LogP contribution in [-0.2, 0) is 39.5 Å². The van der Waals surface area contributed by atoms with Crippen molar-refractivity contribution in [3.63, 3.8) is 0 Å². The molecule has 3 atom stereocenters. The van der Waals surface area contributed by atoms with Crippen molar-refractivity contribution >= 4 is 22.8 Å². The normalized spacial score (nSPS) is 21.8. The molecule has 0 fully saturated rings. The van der Waals surface area contributed by atoms with Crippen LogP contribution in [0.2, 0.25) is 0 Å². The Balaban J connectivity index is 1.63. The van der Waals surface area contributed by atoms with Gasteiger partial charge in [-0.1, -0.05) is 19.6 Å². The van der Waals surface area contributed by atoms with Crippen LogP contribution in [-0.4, -0.2) is 37.7 Å². The SMILES string of the molecule is C=C[C@@H](O)C(=O)N[C@H]1CCc2c(C)c(F)cc3nc4c(c1c23)Cn1c-4cc2c(c1=O)COC(=O)[C@]2(O)CC. The van der Waals surface area contributed by atoms with Crippen LogP contribution in [0.25, 0.3) is 22.3 Å². The lowest BCUT2D eigenvalue weighted by atomic mass is 9.81. The lowest BCUT2D eigenvalue weighted by Crippen LogP contribution is -2.44. The van der Waals surface area contributed by atoms with Gasteiger partial charge in [0.05, 0.1) is 35.1 Å². The highest BCUT2D eigenvalue weighted by Gasteiger charge is 2.46. The number of aryl methyl sites for hydroxylation is 1. The maximum absolute atomic E-state index is 14.9. The molecule has 2 aromatic heterocycles. The molecule has 0 unspecified atom stereocenters. The summed E-state index contributed by atoms with van der Waals surface area (Å²) in [4.78, 5) is 43.5. The summed E-state index contributed by atoms with van der Waals surface area (Å²) in [5, 5.41) is 24.8. The Morgan fingerprint density at radius 1 is 1.37 bits per heavy atom. The number of nitrogens with zero attached hydrogens (tertiary/aromatic N) is 2. The molecular formula is C28H26FN3O6. The molecule has 0 saturated heterocycles. The molecule has 1 amide bonds. The molecule has 4 heterocycles. The third kappa shape index (κ3) is 3.16. The van der Waals surface area contributed by atoms with Crippen LogP contribution in [0.3, 0.4) is 0 Å². The summed E-state index contributed by atoms with van der Waals surface area (Å²) < 4.78 is 21.6. The van der Waals surface area contributed by atoms with Gasteiger partial charge in [-0.05, 0) is 48.9 Å². The second-order valence-electron chi connectivity index (χ2n) is 10.1. The predicted molar refractivity (Wildman–Crippen MR) is 135 cm³/mol. The Morgan fingerprint density at radius 3 is 2.84 bits per heavy atom. The molecule has 9 nitrogen and oxygen atoms in total. The third-order valence-corrected chi connectivity index (χ3v) is 8.19. The fourth-order valence-corrected chi connectivity index (χ4v) is 6.06. The fraction of sp³-hybridized carbons (Fsp3) is 0.357. The highest BCUT2D eigenvalue weighted by Crippen LogP contribution is 2.45. The number of aliphatic hydroxyl groups is 2.